The molecule has 0 bridgehead atoms. The van der Waals surface area contributed by atoms with Crippen LogP contribution in [-0.2, 0) is 11.0 Å². The van der Waals surface area contributed by atoms with Gasteiger partial charge < -0.3 is 18.7 Å². The molecule has 2 heterocycles. The fourth-order valence-electron chi connectivity index (χ4n) is 3.27. The van der Waals surface area contributed by atoms with Crippen LogP contribution in [0.1, 0.15) is 61.8 Å². The molecule has 0 unspecified atom stereocenters. The number of nitrogens with zero attached hydrogens (tertiary/aromatic N) is 3. The minimum absolute atomic E-state index is 0.0446. The Balaban J connectivity index is 1.26. The highest BCUT2D eigenvalue weighted by Gasteiger charge is 2.38. The molecule has 2 aromatic heterocycles. The summed E-state index contributed by atoms with van der Waals surface area (Å²) < 4.78 is 17.3. The Kier molecular flexibility index (Phi) is 6.04. The van der Waals surface area contributed by atoms with Gasteiger partial charge in [-0.3, -0.25) is 4.79 Å². The molecule has 3 aromatic rings. The summed E-state index contributed by atoms with van der Waals surface area (Å²) in [4.78, 5) is 12.5. The highest BCUT2D eigenvalue weighted by Crippen LogP contribution is 2.38. The normalized spacial score (nSPS) is 18.9. The van der Waals surface area contributed by atoms with Crippen molar-refractivity contribution < 1.29 is 18.2 Å². The zero-order valence-electron chi connectivity index (χ0n) is 19.2. The number of carbonyl (C=O) groups excluding carboxylic acids is 1. The second-order valence-electron chi connectivity index (χ2n) is 9.86. The molecule has 9 heteroatoms. The van der Waals surface area contributed by atoms with Crippen LogP contribution in [0, 0.1) is 0 Å². The lowest BCUT2D eigenvalue weighted by Crippen LogP contribution is -2.43. The van der Waals surface area contributed by atoms with Crippen molar-refractivity contribution in [1.82, 2.24) is 20.7 Å². The van der Waals surface area contributed by atoms with Gasteiger partial charge in [0.2, 0.25) is 11.8 Å². The molecule has 1 saturated carbocycles. The standard InChI is InChI=1S/C23H30N4O4Si/c1-23(2,3)32(4,5)29-14-20-25-26-22(30-20)16-11-17(12-16)24-21(28)18-13-19(31-27-18)15-9-7-6-8-10-15/h6-10,13,16-17H,11-12,14H2,1-5H3,(H,24,28). The molecule has 1 amide bonds. The van der Waals surface area contributed by atoms with Crippen LogP contribution in [-0.4, -0.2) is 35.6 Å². The molecule has 32 heavy (non-hydrogen) atoms. The molecule has 1 aromatic carbocycles. The van der Waals surface area contributed by atoms with E-state index in [2.05, 4.69) is 54.5 Å². The molecule has 8 nitrogen and oxygen atoms in total. The van der Waals surface area contributed by atoms with Crippen molar-refractivity contribution in [3.63, 3.8) is 0 Å². The molecule has 170 valence electrons. The first kappa shape index (κ1) is 22.4. The van der Waals surface area contributed by atoms with Gasteiger partial charge in [-0.25, -0.2) is 0 Å². The Morgan fingerprint density at radius 1 is 1.19 bits per heavy atom. The van der Waals surface area contributed by atoms with E-state index in [4.69, 9.17) is 13.4 Å². The summed E-state index contributed by atoms with van der Waals surface area (Å²) >= 11 is 0. The van der Waals surface area contributed by atoms with Crippen molar-refractivity contribution in [3.05, 3.63) is 53.9 Å². The molecule has 1 aliphatic rings. The Bertz CT molecular complexity index is 1070. The van der Waals surface area contributed by atoms with Gasteiger partial charge in [-0.05, 0) is 31.0 Å². The summed E-state index contributed by atoms with van der Waals surface area (Å²) in [5.41, 5.74) is 1.16. The maximum absolute atomic E-state index is 12.5. The van der Waals surface area contributed by atoms with Crippen LogP contribution in [0.15, 0.2) is 45.3 Å². The fourth-order valence-corrected chi connectivity index (χ4v) is 4.18. The molecule has 0 spiro atoms. The van der Waals surface area contributed by atoms with Crippen molar-refractivity contribution in [2.75, 3.05) is 0 Å². The van der Waals surface area contributed by atoms with E-state index in [1.54, 1.807) is 6.07 Å². The number of hydrogen-bond acceptors (Lipinski definition) is 7. The zero-order valence-corrected chi connectivity index (χ0v) is 20.2. The predicted octanol–water partition coefficient (Wildman–Crippen LogP) is 4.92. The summed E-state index contributed by atoms with van der Waals surface area (Å²) in [5.74, 6) is 1.59. The van der Waals surface area contributed by atoms with Crippen LogP contribution in [0.3, 0.4) is 0 Å². The maximum atomic E-state index is 12.5. The predicted molar refractivity (Wildman–Crippen MR) is 121 cm³/mol. The van der Waals surface area contributed by atoms with Gasteiger partial charge in [0.15, 0.2) is 19.8 Å². The van der Waals surface area contributed by atoms with Gasteiger partial charge in [-0.15, -0.1) is 10.2 Å². The minimum Gasteiger partial charge on any atom is -0.423 e. The number of carbonyl (C=O) groups is 1. The third kappa shape index (κ3) is 4.83. The van der Waals surface area contributed by atoms with E-state index in [0.29, 0.717) is 24.1 Å². The van der Waals surface area contributed by atoms with E-state index in [1.165, 1.54) is 0 Å². The van der Waals surface area contributed by atoms with E-state index < -0.39 is 8.32 Å². The average Bonchev–Trinajstić information content (AvgIpc) is 3.38. The van der Waals surface area contributed by atoms with E-state index in [0.717, 1.165) is 18.4 Å². The van der Waals surface area contributed by atoms with Crippen LogP contribution >= 0.6 is 0 Å². The Labute approximate surface area is 188 Å². The number of amides is 1. The molecule has 1 aliphatic carbocycles. The van der Waals surface area contributed by atoms with Crippen LogP contribution in [0.2, 0.25) is 18.1 Å². The molecule has 0 aliphatic heterocycles. The van der Waals surface area contributed by atoms with Gasteiger partial charge >= 0.3 is 0 Å². The zero-order chi connectivity index (χ0) is 22.9. The fraction of sp³-hybridized carbons (Fsp3) is 0.478. The maximum Gasteiger partial charge on any atom is 0.273 e. The number of benzene rings is 1. The quantitative estimate of drug-likeness (QED) is 0.505. The lowest BCUT2D eigenvalue weighted by Gasteiger charge is -2.35. The molecule has 0 atom stereocenters. The average molecular weight is 455 g/mol. The monoisotopic (exact) mass is 454 g/mol. The summed E-state index contributed by atoms with van der Waals surface area (Å²) in [7, 11) is -1.87. The van der Waals surface area contributed by atoms with Crippen molar-refractivity contribution in [3.8, 4) is 11.3 Å². The van der Waals surface area contributed by atoms with Crippen molar-refractivity contribution in [1.29, 1.82) is 0 Å². The van der Waals surface area contributed by atoms with Gasteiger partial charge in [0.25, 0.3) is 5.91 Å². The Hall–Kier alpha value is -2.78. The van der Waals surface area contributed by atoms with Crippen LogP contribution in [0.5, 0.6) is 0 Å². The molecule has 0 radical (unpaired) electrons. The van der Waals surface area contributed by atoms with Crippen molar-refractivity contribution >= 4 is 14.2 Å². The lowest BCUT2D eigenvalue weighted by molar-refractivity contribution is 0.0893. The first-order chi connectivity index (χ1) is 15.1. The van der Waals surface area contributed by atoms with E-state index in [-0.39, 0.29) is 28.6 Å². The molecule has 4 rings (SSSR count). The topological polar surface area (TPSA) is 103 Å². The van der Waals surface area contributed by atoms with Gasteiger partial charge in [0.05, 0.1) is 0 Å². The van der Waals surface area contributed by atoms with Crippen LogP contribution < -0.4 is 5.32 Å². The van der Waals surface area contributed by atoms with Crippen LogP contribution in [0.4, 0.5) is 0 Å². The summed E-state index contributed by atoms with van der Waals surface area (Å²) in [6.07, 6.45) is 1.50. The van der Waals surface area contributed by atoms with Gasteiger partial charge in [0.1, 0.15) is 6.61 Å². The Morgan fingerprint density at radius 3 is 2.59 bits per heavy atom. The highest BCUT2D eigenvalue weighted by atomic mass is 28.4. The number of nitrogens with one attached hydrogen (secondary N) is 1. The smallest absolute Gasteiger partial charge is 0.273 e. The SMILES string of the molecule is CC(C)(C)[Si](C)(C)OCc1nnc(C2CC(NC(=O)c3cc(-c4ccccc4)on3)C2)o1. The third-order valence-corrected chi connectivity index (χ3v) is 10.9. The third-order valence-electron chi connectivity index (χ3n) is 6.47. The van der Waals surface area contributed by atoms with E-state index in [1.807, 2.05) is 30.3 Å². The second kappa shape index (κ2) is 8.63. The number of hydrogen-bond donors (Lipinski definition) is 1. The minimum atomic E-state index is -1.87. The molecule has 1 fully saturated rings. The van der Waals surface area contributed by atoms with Gasteiger partial charge in [-0.1, -0.05) is 56.3 Å². The van der Waals surface area contributed by atoms with Crippen LogP contribution in [0.25, 0.3) is 11.3 Å². The van der Waals surface area contributed by atoms with Gasteiger partial charge in [0, 0.05) is 23.6 Å². The van der Waals surface area contributed by atoms with E-state index in [9.17, 15) is 4.79 Å². The van der Waals surface area contributed by atoms with Crippen molar-refractivity contribution in [2.24, 2.45) is 0 Å². The summed E-state index contributed by atoms with van der Waals surface area (Å²) in [6.45, 7) is 11.3. The lowest BCUT2D eigenvalue weighted by atomic mass is 9.80. The first-order valence-corrected chi connectivity index (χ1v) is 13.8. The Morgan fingerprint density at radius 2 is 1.91 bits per heavy atom. The molecular weight excluding hydrogens is 424 g/mol. The summed E-state index contributed by atoms with van der Waals surface area (Å²) in [6, 6.07) is 11.3. The van der Waals surface area contributed by atoms with Crippen molar-refractivity contribution in [2.45, 2.75) is 70.3 Å². The first-order valence-electron chi connectivity index (χ1n) is 10.9. The largest absolute Gasteiger partial charge is 0.423 e. The molecular formula is C23H30N4O4Si. The molecule has 0 saturated heterocycles. The summed E-state index contributed by atoms with van der Waals surface area (Å²) in [5, 5.41) is 15.4. The molecule has 1 N–H and O–H groups in total. The number of rotatable bonds is 7. The number of aromatic nitrogens is 3. The highest BCUT2D eigenvalue weighted by molar-refractivity contribution is 6.74. The second-order valence-corrected chi connectivity index (χ2v) is 14.7. The van der Waals surface area contributed by atoms with Gasteiger partial charge in [-0.2, -0.15) is 0 Å². The van der Waals surface area contributed by atoms with E-state index >= 15 is 0 Å².